The van der Waals surface area contributed by atoms with E-state index in [2.05, 4.69) is 6.07 Å². The number of fused-ring (bicyclic) bond motifs is 1. The van der Waals surface area contributed by atoms with E-state index >= 15 is 0 Å². The van der Waals surface area contributed by atoms with Crippen LogP contribution in [0.1, 0.15) is 30.7 Å². The fraction of sp³-hybridized carbons (Fsp3) is 0.474. The van der Waals surface area contributed by atoms with E-state index in [0.717, 1.165) is 18.2 Å². The first-order valence-corrected chi connectivity index (χ1v) is 10.9. The predicted molar refractivity (Wildman–Crippen MR) is 102 cm³/mol. The van der Waals surface area contributed by atoms with Gasteiger partial charge >= 0.3 is 0 Å². The van der Waals surface area contributed by atoms with Gasteiger partial charge in [0.25, 0.3) is 10.0 Å². The lowest BCUT2D eigenvalue weighted by atomic mass is 9.98. The Kier molecular flexibility index (Phi) is 4.87. The Morgan fingerprint density at radius 1 is 1.29 bits per heavy atom. The van der Waals surface area contributed by atoms with Crippen molar-refractivity contribution < 1.29 is 17.6 Å². The lowest BCUT2D eigenvalue weighted by Gasteiger charge is -2.23. The molecule has 3 heterocycles. The number of rotatable bonds is 4. The second-order valence-corrected chi connectivity index (χ2v) is 8.90. The minimum absolute atomic E-state index is 0.0478. The Bertz CT molecular complexity index is 1060. The highest BCUT2D eigenvalue weighted by molar-refractivity contribution is 7.89. The first-order chi connectivity index (χ1) is 13.4. The maximum Gasteiger partial charge on any atom is 0.271 e. The van der Waals surface area contributed by atoms with Crippen LogP contribution < -0.4 is 5.14 Å². The number of likely N-dealkylation sites (tertiary alicyclic amines) is 2. The number of sulfonamides is 1. The van der Waals surface area contributed by atoms with Crippen molar-refractivity contribution in [3.63, 3.8) is 0 Å². The monoisotopic (exact) mass is 402 g/mol. The molecule has 2 saturated heterocycles. The van der Waals surface area contributed by atoms with Gasteiger partial charge in [-0.1, -0.05) is 18.2 Å². The van der Waals surface area contributed by atoms with Crippen LogP contribution >= 0.6 is 0 Å². The summed E-state index contributed by atoms with van der Waals surface area (Å²) >= 11 is 0. The lowest BCUT2D eigenvalue weighted by molar-refractivity contribution is -0.132. The molecule has 2 aliphatic rings. The summed E-state index contributed by atoms with van der Waals surface area (Å²) in [7, 11) is -3.99. The number of benzene rings is 1. The highest BCUT2D eigenvalue weighted by Crippen LogP contribution is 2.38. The van der Waals surface area contributed by atoms with E-state index in [4.69, 9.17) is 9.56 Å². The second kappa shape index (κ2) is 7.20. The maximum absolute atomic E-state index is 12.6. The van der Waals surface area contributed by atoms with Gasteiger partial charge < -0.3 is 9.32 Å². The molecule has 1 aromatic heterocycles. The van der Waals surface area contributed by atoms with E-state index in [9.17, 15) is 18.5 Å². The van der Waals surface area contributed by atoms with Crippen LogP contribution in [0, 0.1) is 11.3 Å². The van der Waals surface area contributed by atoms with Crippen molar-refractivity contribution in [2.45, 2.75) is 36.3 Å². The van der Waals surface area contributed by atoms with E-state index in [-0.39, 0.29) is 29.5 Å². The van der Waals surface area contributed by atoms with Crippen LogP contribution in [0.5, 0.6) is 0 Å². The first-order valence-electron chi connectivity index (χ1n) is 9.34. The molecule has 1 amide bonds. The zero-order valence-electron chi connectivity index (χ0n) is 15.4. The molecule has 0 bridgehead atoms. The van der Waals surface area contributed by atoms with Crippen LogP contribution in [0.4, 0.5) is 0 Å². The quantitative estimate of drug-likeness (QED) is 0.825. The smallest absolute Gasteiger partial charge is 0.271 e. The van der Waals surface area contributed by atoms with Gasteiger partial charge in [-0.2, -0.15) is 5.26 Å². The van der Waals surface area contributed by atoms with E-state index in [1.807, 2.05) is 17.0 Å². The zero-order valence-corrected chi connectivity index (χ0v) is 16.2. The summed E-state index contributed by atoms with van der Waals surface area (Å²) in [5.74, 6) is -0.136. The minimum Gasteiger partial charge on any atom is -0.443 e. The summed E-state index contributed by atoms with van der Waals surface area (Å²) in [5, 5.41) is 15.1. The van der Waals surface area contributed by atoms with E-state index in [1.165, 1.54) is 0 Å². The minimum atomic E-state index is -3.99. The SMILES string of the molecule is N#CC1CCCN1C(=O)CN1CCC(c2c(S(N)(=O)=O)oc3ccccc23)C1. The Labute approximate surface area is 163 Å². The number of nitrogens with two attached hydrogens (primary N) is 1. The molecule has 0 radical (unpaired) electrons. The molecule has 28 heavy (non-hydrogen) atoms. The number of amides is 1. The zero-order chi connectivity index (χ0) is 19.9. The van der Waals surface area contributed by atoms with Crippen molar-refractivity contribution in [2.75, 3.05) is 26.2 Å². The van der Waals surface area contributed by atoms with Crippen molar-refractivity contribution in [1.29, 1.82) is 5.26 Å². The average Bonchev–Trinajstić information content (AvgIpc) is 3.38. The number of carbonyl (C=O) groups is 1. The summed E-state index contributed by atoms with van der Waals surface area (Å²) in [4.78, 5) is 16.3. The van der Waals surface area contributed by atoms with Gasteiger partial charge in [-0.15, -0.1) is 0 Å². The fourth-order valence-electron chi connectivity index (χ4n) is 4.33. The van der Waals surface area contributed by atoms with Crippen molar-refractivity contribution in [3.05, 3.63) is 29.8 Å². The molecule has 2 aromatic rings. The first kappa shape index (κ1) is 18.9. The van der Waals surface area contributed by atoms with Crippen LogP contribution in [0.25, 0.3) is 11.0 Å². The van der Waals surface area contributed by atoms with Crippen LogP contribution in [-0.4, -0.2) is 56.3 Å². The van der Waals surface area contributed by atoms with Crippen LogP contribution in [0.3, 0.4) is 0 Å². The summed E-state index contributed by atoms with van der Waals surface area (Å²) in [5.41, 5.74) is 1.09. The third-order valence-electron chi connectivity index (χ3n) is 5.62. The summed E-state index contributed by atoms with van der Waals surface area (Å²) in [6.07, 6.45) is 2.29. The van der Waals surface area contributed by atoms with Gasteiger partial charge in [0, 0.05) is 30.0 Å². The third kappa shape index (κ3) is 3.39. The molecule has 0 aliphatic carbocycles. The topological polar surface area (TPSA) is 121 Å². The molecule has 0 spiro atoms. The molecule has 2 unspecified atom stereocenters. The fourth-order valence-corrected chi connectivity index (χ4v) is 5.12. The number of para-hydroxylation sites is 1. The molecular formula is C19H22N4O4S. The summed E-state index contributed by atoms with van der Waals surface area (Å²) in [6, 6.07) is 9.02. The lowest BCUT2D eigenvalue weighted by Crippen LogP contribution is -2.41. The Morgan fingerprint density at radius 2 is 2.07 bits per heavy atom. The van der Waals surface area contributed by atoms with Crippen molar-refractivity contribution in [3.8, 4) is 6.07 Å². The highest BCUT2D eigenvalue weighted by atomic mass is 32.2. The van der Waals surface area contributed by atoms with Crippen molar-refractivity contribution in [2.24, 2.45) is 5.14 Å². The number of hydrogen-bond donors (Lipinski definition) is 1. The predicted octanol–water partition coefficient (Wildman–Crippen LogP) is 1.38. The normalized spacial score (nSPS) is 23.4. The number of carbonyl (C=O) groups excluding carboxylic acids is 1. The van der Waals surface area contributed by atoms with E-state index in [1.54, 1.807) is 17.0 Å². The molecule has 2 atom stereocenters. The standard InChI is InChI=1S/C19H22N4O4S/c20-10-14-4-3-8-23(14)17(24)12-22-9-7-13(11-22)18-15-5-1-2-6-16(15)27-19(18)28(21,25)26/h1-2,5-6,13-14H,3-4,7-9,11-12H2,(H2,21,25,26). The Hall–Kier alpha value is -2.41. The molecule has 0 saturated carbocycles. The van der Waals surface area contributed by atoms with E-state index in [0.29, 0.717) is 37.2 Å². The van der Waals surface area contributed by atoms with Gasteiger partial charge in [-0.05, 0) is 31.9 Å². The number of nitriles is 1. The van der Waals surface area contributed by atoms with Gasteiger partial charge in [0.2, 0.25) is 11.0 Å². The van der Waals surface area contributed by atoms with Gasteiger partial charge in [0.05, 0.1) is 12.6 Å². The number of hydrogen-bond acceptors (Lipinski definition) is 6. The molecule has 148 valence electrons. The molecule has 2 aliphatic heterocycles. The number of furan rings is 1. The van der Waals surface area contributed by atoms with Crippen molar-refractivity contribution >= 4 is 26.9 Å². The van der Waals surface area contributed by atoms with Gasteiger partial charge in [0.1, 0.15) is 11.6 Å². The number of nitrogens with zero attached hydrogens (tertiary/aromatic N) is 3. The van der Waals surface area contributed by atoms with Crippen molar-refractivity contribution in [1.82, 2.24) is 9.80 Å². The number of primary sulfonamides is 1. The van der Waals surface area contributed by atoms with Crippen LogP contribution in [-0.2, 0) is 14.8 Å². The maximum atomic E-state index is 12.6. The largest absolute Gasteiger partial charge is 0.443 e. The Balaban J connectivity index is 1.55. The highest BCUT2D eigenvalue weighted by Gasteiger charge is 2.35. The van der Waals surface area contributed by atoms with Crippen LogP contribution in [0.15, 0.2) is 33.8 Å². The Morgan fingerprint density at radius 3 is 2.82 bits per heavy atom. The molecular weight excluding hydrogens is 380 g/mol. The molecule has 1 aromatic carbocycles. The van der Waals surface area contributed by atoms with Gasteiger partial charge in [-0.25, -0.2) is 13.6 Å². The van der Waals surface area contributed by atoms with Crippen LogP contribution in [0.2, 0.25) is 0 Å². The second-order valence-electron chi connectivity index (χ2n) is 7.44. The third-order valence-corrected chi connectivity index (χ3v) is 6.44. The summed E-state index contributed by atoms with van der Waals surface area (Å²) in [6.45, 7) is 2.07. The van der Waals surface area contributed by atoms with Gasteiger partial charge in [-0.3, -0.25) is 9.69 Å². The van der Waals surface area contributed by atoms with E-state index < -0.39 is 10.0 Å². The molecule has 2 N–H and O–H groups in total. The van der Waals surface area contributed by atoms with Gasteiger partial charge in [0.15, 0.2) is 0 Å². The molecule has 2 fully saturated rings. The molecule has 9 heteroatoms. The average molecular weight is 402 g/mol. The molecule has 4 rings (SSSR count). The molecule has 8 nitrogen and oxygen atoms in total. The summed E-state index contributed by atoms with van der Waals surface area (Å²) < 4.78 is 29.7.